The first kappa shape index (κ1) is 12.2. The molecule has 86 valence electrons. The number of unbranched alkanes of at least 4 members (excludes halogenated alkanes) is 2. The molecule has 1 aromatic rings. The van der Waals surface area contributed by atoms with Gasteiger partial charge in [-0.2, -0.15) is 5.10 Å². The summed E-state index contributed by atoms with van der Waals surface area (Å²) in [4.78, 5) is 0. The number of aryl methyl sites for hydroxylation is 1. The summed E-state index contributed by atoms with van der Waals surface area (Å²) in [5.41, 5.74) is 1.12. The van der Waals surface area contributed by atoms with Crippen LogP contribution in [0.3, 0.4) is 0 Å². The molecule has 0 aliphatic heterocycles. The number of hydrogen-bond acceptors (Lipinski definition) is 2. The van der Waals surface area contributed by atoms with E-state index in [2.05, 4.69) is 30.3 Å². The molecule has 1 rings (SSSR count). The van der Waals surface area contributed by atoms with Crippen LogP contribution < -0.4 is 5.32 Å². The maximum Gasteiger partial charge on any atom is 0.0762 e. The van der Waals surface area contributed by atoms with Crippen molar-refractivity contribution in [1.82, 2.24) is 15.1 Å². The van der Waals surface area contributed by atoms with Crippen LogP contribution in [0.5, 0.6) is 0 Å². The molecule has 1 N–H and O–H groups in total. The van der Waals surface area contributed by atoms with Gasteiger partial charge in [-0.1, -0.05) is 26.2 Å². The fourth-order valence-electron chi connectivity index (χ4n) is 1.64. The maximum absolute atomic E-state index is 4.33. The highest BCUT2D eigenvalue weighted by Gasteiger charge is 2.02. The average molecular weight is 209 g/mol. The molecule has 0 amide bonds. The summed E-state index contributed by atoms with van der Waals surface area (Å²) in [5, 5.41) is 7.83. The molecule has 0 aliphatic rings. The zero-order valence-corrected chi connectivity index (χ0v) is 10.2. The molecule has 1 atom stereocenters. The number of aromatic nitrogens is 2. The third kappa shape index (κ3) is 4.98. The van der Waals surface area contributed by atoms with Crippen LogP contribution in [0, 0.1) is 0 Å². The molecular formula is C12H23N3. The van der Waals surface area contributed by atoms with Crippen molar-refractivity contribution < 1.29 is 0 Å². The fraction of sp³-hybridized carbons (Fsp3) is 0.750. The van der Waals surface area contributed by atoms with E-state index in [1.165, 1.54) is 25.7 Å². The van der Waals surface area contributed by atoms with Gasteiger partial charge in [0, 0.05) is 25.8 Å². The summed E-state index contributed by atoms with van der Waals surface area (Å²) >= 11 is 0. The van der Waals surface area contributed by atoms with Crippen molar-refractivity contribution in [1.29, 1.82) is 0 Å². The van der Waals surface area contributed by atoms with Crippen molar-refractivity contribution in [3.63, 3.8) is 0 Å². The molecule has 1 heterocycles. The first-order valence-corrected chi connectivity index (χ1v) is 5.94. The molecule has 0 radical (unpaired) electrons. The van der Waals surface area contributed by atoms with Crippen LogP contribution in [0.1, 0.15) is 45.2 Å². The Bertz CT molecular complexity index is 268. The van der Waals surface area contributed by atoms with Gasteiger partial charge < -0.3 is 5.32 Å². The second-order valence-corrected chi connectivity index (χ2v) is 4.26. The highest BCUT2D eigenvalue weighted by molar-refractivity contribution is 4.98. The lowest BCUT2D eigenvalue weighted by molar-refractivity contribution is 0.482. The molecule has 1 aromatic heterocycles. The van der Waals surface area contributed by atoms with E-state index in [9.17, 15) is 0 Å². The van der Waals surface area contributed by atoms with Gasteiger partial charge >= 0.3 is 0 Å². The fourth-order valence-corrected chi connectivity index (χ4v) is 1.64. The summed E-state index contributed by atoms with van der Waals surface area (Å²) in [6.45, 7) is 5.37. The molecule has 0 spiro atoms. The Kier molecular flexibility index (Phi) is 5.40. The van der Waals surface area contributed by atoms with Gasteiger partial charge in [-0.05, 0) is 19.4 Å². The number of rotatable bonds is 7. The minimum Gasteiger partial charge on any atom is -0.309 e. The van der Waals surface area contributed by atoms with Crippen LogP contribution in [0.15, 0.2) is 12.3 Å². The summed E-state index contributed by atoms with van der Waals surface area (Å²) in [6.07, 6.45) is 7.22. The third-order valence-electron chi connectivity index (χ3n) is 2.64. The smallest absolute Gasteiger partial charge is 0.0762 e. The Hall–Kier alpha value is -0.830. The Morgan fingerprint density at radius 1 is 1.47 bits per heavy atom. The van der Waals surface area contributed by atoms with E-state index >= 15 is 0 Å². The molecule has 0 aliphatic carbocycles. The van der Waals surface area contributed by atoms with Crippen LogP contribution in [-0.4, -0.2) is 15.8 Å². The molecule has 3 heteroatoms. The summed E-state index contributed by atoms with van der Waals surface area (Å²) in [6, 6.07) is 2.66. The van der Waals surface area contributed by atoms with Crippen LogP contribution in [0.25, 0.3) is 0 Å². The molecule has 0 fully saturated rings. The van der Waals surface area contributed by atoms with E-state index in [1.807, 2.05) is 17.9 Å². The van der Waals surface area contributed by atoms with Gasteiger partial charge in [0.05, 0.1) is 5.69 Å². The van der Waals surface area contributed by atoms with E-state index in [1.54, 1.807) is 0 Å². The molecular weight excluding hydrogens is 186 g/mol. The second-order valence-electron chi connectivity index (χ2n) is 4.26. The van der Waals surface area contributed by atoms with Crippen molar-refractivity contribution in [3.8, 4) is 0 Å². The van der Waals surface area contributed by atoms with Crippen LogP contribution in [0.2, 0.25) is 0 Å². The standard InChI is InChI=1S/C12H23N3/c1-4-5-6-7-11(2)13-10-12-8-9-15(3)14-12/h8-9,11,13H,4-7,10H2,1-3H3. The summed E-state index contributed by atoms with van der Waals surface area (Å²) in [7, 11) is 1.95. The monoisotopic (exact) mass is 209 g/mol. The number of hydrogen-bond donors (Lipinski definition) is 1. The highest BCUT2D eigenvalue weighted by atomic mass is 15.3. The molecule has 0 bridgehead atoms. The van der Waals surface area contributed by atoms with Crippen LogP contribution in [0.4, 0.5) is 0 Å². The quantitative estimate of drug-likeness (QED) is 0.699. The Labute approximate surface area is 92.9 Å². The SMILES string of the molecule is CCCCCC(C)NCc1ccn(C)n1. The lowest BCUT2D eigenvalue weighted by Crippen LogP contribution is -2.25. The van der Waals surface area contributed by atoms with Gasteiger partial charge in [0.2, 0.25) is 0 Å². The number of nitrogens with one attached hydrogen (secondary N) is 1. The van der Waals surface area contributed by atoms with Crippen molar-refractivity contribution in [2.24, 2.45) is 7.05 Å². The lowest BCUT2D eigenvalue weighted by Gasteiger charge is -2.12. The molecule has 1 unspecified atom stereocenters. The molecule has 0 aromatic carbocycles. The van der Waals surface area contributed by atoms with Gasteiger partial charge in [0.1, 0.15) is 0 Å². The lowest BCUT2D eigenvalue weighted by atomic mass is 10.1. The topological polar surface area (TPSA) is 29.9 Å². The molecule has 15 heavy (non-hydrogen) atoms. The van der Waals surface area contributed by atoms with Crippen LogP contribution in [-0.2, 0) is 13.6 Å². The summed E-state index contributed by atoms with van der Waals surface area (Å²) < 4.78 is 1.85. The molecule has 0 saturated carbocycles. The van der Waals surface area contributed by atoms with E-state index in [4.69, 9.17) is 0 Å². The highest BCUT2D eigenvalue weighted by Crippen LogP contribution is 2.03. The zero-order chi connectivity index (χ0) is 11.1. The Morgan fingerprint density at radius 3 is 2.87 bits per heavy atom. The van der Waals surface area contributed by atoms with Gasteiger partial charge in [-0.3, -0.25) is 4.68 Å². The Balaban J connectivity index is 2.13. The van der Waals surface area contributed by atoms with E-state index in [0.29, 0.717) is 6.04 Å². The van der Waals surface area contributed by atoms with E-state index in [-0.39, 0.29) is 0 Å². The molecule has 0 saturated heterocycles. The maximum atomic E-state index is 4.33. The minimum absolute atomic E-state index is 0.596. The van der Waals surface area contributed by atoms with Crippen molar-refractivity contribution in [2.45, 2.75) is 52.1 Å². The van der Waals surface area contributed by atoms with Gasteiger partial charge in [0.15, 0.2) is 0 Å². The first-order chi connectivity index (χ1) is 7.22. The zero-order valence-electron chi connectivity index (χ0n) is 10.2. The van der Waals surface area contributed by atoms with E-state index in [0.717, 1.165) is 12.2 Å². The number of nitrogens with zero attached hydrogens (tertiary/aromatic N) is 2. The normalized spacial score (nSPS) is 13.0. The van der Waals surface area contributed by atoms with Crippen molar-refractivity contribution >= 4 is 0 Å². The van der Waals surface area contributed by atoms with Gasteiger partial charge in [-0.15, -0.1) is 0 Å². The van der Waals surface area contributed by atoms with Gasteiger partial charge in [-0.25, -0.2) is 0 Å². The predicted octanol–water partition coefficient (Wildman–Crippen LogP) is 2.48. The average Bonchev–Trinajstić information content (AvgIpc) is 2.62. The van der Waals surface area contributed by atoms with Crippen molar-refractivity contribution in [3.05, 3.63) is 18.0 Å². The Morgan fingerprint density at radius 2 is 2.27 bits per heavy atom. The largest absolute Gasteiger partial charge is 0.309 e. The third-order valence-corrected chi connectivity index (χ3v) is 2.64. The van der Waals surface area contributed by atoms with Crippen molar-refractivity contribution in [2.75, 3.05) is 0 Å². The van der Waals surface area contributed by atoms with E-state index < -0.39 is 0 Å². The van der Waals surface area contributed by atoms with Crippen LogP contribution >= 0.6 is 0 Å². The molecule has 3 nitrogen and oxygen atoms in total. The first-order valence-electron chi connectivity index (χ1n) is 5.94. The second kappa shape index (κ2) is 6.62. The predicted molar refractivity (Wildman–Crippen MR) is 63.7 cm³/mol. The van der Waals surface area contributed by atoms with Gasteiger partial charge in [0.25, 0.3) is 0 Å². The minimum atomic E-state index is 0.596. The summed E-state index contributed by atoms with van der Waals surface area (Å²) in [5.74, 6) is 0.